The number of carbonyl (C=O) groups is 2. The molecule has 0 aliphatic carbocycles. The lowest BCUT2D eigenvalue weighted by Crippen LogP contribution is -2.35. The van der Waals surface area contributed by atoms with Crippen LogP contribution >= 0.6 is 0 Å². The Morgan fingerprint density at radius 3 is 2.83 bits per heavy atom. The lowest BCUT2D eigenvalue weighted by atomic mass is 9.86. The zero-order valence-electron chi connectivity index (χ0n) is 12.6. The first-order valence-electron chi connectivity index (χ1n) is 7.74. The van der Waals surface area contributed by atoms with Crippen LogP contribution in [0.5, 0.6) is 0 Å². The van der Waals surface area contributed by atoms with E-state index in [1.165, 1.54) is 0 Å². The molecule has 2 saturated heterocycles. The third-order valence-corrected chi connectivity index (χ3v) is 4.91. The molecule has 23 heavy (non-hydrogen) atoms. The van der Waals surface area contributed by atoms with Crippen molar-refractivity contribution in [3.05, 3.63) is 46.2 Å². The molecule has 6 heteroatoms. The molecule has 0 bridgehead atoms. The van der Waals surface area contributed by atoms with Crippen LogP contribution in [0, 0.1) is 5.41 Å². The Balaban J connectivity index is 1.64. The average Bonchev–Trinajstić information content (AvgIpc) is 3.12. The van der Waals surface area contributed by atoms with Gasteiger partial charge in [0.2, 0.25) is 5.91 Å². The number of rotatable bonds is 1. The van der Waals surface area contributed by atoms with E-state index in [-0.39, 0.29) is 28.4 Å². The smallest absolute Gasteiger partial charge is 0.261 e. The summed E-state index contributed by atoms with van der Waals surface area (Å²) in [4.78, 5) is 40.9. The molecule has 2 aliphatic rings. The summed E-state index contributed by atoms with van der Waals surface area (Å²) >= 11 is 0. The van der Waals surface area contributed by atoms with Gasteiger partial charge in [-0.05, 0) is 23.9 Å². The van der Waals surface area contributed by atoms with Gasteiger partial charge in [-0.1, -0.05) is 18.2 Å². The molecule has 4 rings (SSSR count). The third-order valence-electron chi connectivity index (χ3n) is 4.91. The number of benzene rings is 1. The topological polar surface area (TPSA) is 82.3 Å². The van der Waals surface area contributed by atoms with Crippen LogP contribution in [0.25, 0.3) is 10.9 Å². The molecule has 1 atom stereocenters. The molecule has 2 amide bonds. The van der Waals surface area contributed by atoms with Crippen molar-refractivity contribution in [3.63, 3.8) is 0 Å². The van der Waals surface area contributed by atoms with Crippen molar-refractivity contribution < 1.29 is 9.59 Å². The van der Waals surface area contributed by atoms with Crippen molar-refractivity contribution in [3.8, 4) is 0 Å². The van der Waals surface area contributed by atoms with Crippen LogP contribution in [0.4, 0.5) is 0 Å². The fraction of sp³-hybridized carbons (Fsp3) is 0.353. The largest absolute Gasteiger partial charge is 0.355 e. The highest BCUT2D eigenvalue weighted by Gasteiger charge is 2.45. The minimum absolute atomic E-state index is 0.0443. The summed E-state index contributed by atoms with van der Waals surface area (Å²) in [6.07, 6.45) is 1.26. The highest BCUT2D eigenvalue weighted by molar-refractivity contribution is 5.97. The Hall–Kier alpha value is -2.63. The first kappa shape index (κ1) is 14.0. The van der Waals surface area contributed by atoms with E-state index < -0.39 is 0 Å². The average molecular weight is 311 g/mol. The van der Waals surface area contributed by atoms with Crippen molar-refractivity contribution in [2.24, 2.45) is 5.41 Å². The van der Waals surface area contributed by atoms with Gasteiger partial charge in [-0.25, -0.2) is 0 Å². The predicted octanol–water partition coefficient (Wildman–Crippen LogP) is 0.880. The zero-order valence-corrected chi connectivity index (χ0v) is 12.6. The fourth-order valence-corrected chi connectivity index (χ4v) is 3.63. The van der Waals surface area contributed by atoms with Gasteiger partial charge in [-0.2, -0.15) is 0 Å². The fourth-order valence-electron chi connectivity index (χ4n) is 3.63. The molecular formula is C17H17N3O3. The van der Waals surface area contributed by atoms with E-state index in [2.05, 4.69) is 10.3 Å². The second-order valence-corrected chi connectivity index (χ2v) is 6.53. The number of likely N-dealkylation sites (tertiary alicyclic amines) is 1. The minimum atomic E-state index is -0.365. The minimum Gasteiger partial charge on any atom is -0.355 e. The predicted molar refractivity (Wildman–Crippen MR) is 85.1 cm³/mol. The SMILES string of the molecule is O=C1CC2(CCN(C(=O)c3cc4ccccc4[nH]c3=O)C2)CN1. The summed E-state index contributed by atoms with van der Waals surface area (Å²) in [6.45, 7) is 1.72. The molecule has 2 aliphatic heterocycles. The summed E-state index contributed by atoms with van der Waals surface area (Å²) < 4.78 is 0. The number of amides is 2. The molecular weight excluding hydrogens is 294 g/mol. The number of nitrogens with zero attached hydrogens (tertiary/aromatic N) is 1. The lowest BCUT2D eigenvalue weighted by Gasteiger charge is -2.21. The van der Waals surface area contributed by atoms with E-state index in [9.17, 15) is 14.4 Å². The molecule has 118 valence electrons. The van der Waals surface area contributed by atoms with Crippen molar-refractivity contribution in [2.75, 3.05) is 19.6 Å². The molecule has 6 nitrogen and oxygen atoms in total. The molecule has 1 spiro atoms. The molecule has 1 aromatic carbocycles. The monoisotopic (exact) mass is 311 g/mol. The Morgan fingerprint density at radius 1 is 1.22 bits per heavy atom. The number of fused-ring (bicyclic) bond motifs is 1. The summed E-state index contributed by atoms with van der Waals surface area (Å²) in [7, 11) is 0. The van der Waals surface area contributed by atoms with Crippen LogP contribution in [0.2, 0.25) is 0 Å². The van der Waals surface area contributed by atoms with Crippen LogP contribution in [-0.4, -0.2) is 41.3 Å². The maximum Gasteiger partial charge on any atom is 0.261 e. The number of pyridine rings is 1. The normalized spacial score (nSPS) is 23.7. The van der Waals surface area contributed by atoms with E-state index in [1.54, 1.807) is 11.0 Å². The number of para-hydroxylation sites is 1. The Kier molecular flexibility index (Phi) is 3.01. The van der Waals surface area contributed by atoms with E-state index in [0.717, 1.165) is 17.3 Å². The third kappa shape index (κ3) is 2.30. The molecule has 1 unspecified atom stereocenters. The van der Waals surface area contributed by atoms with Crippen molar-refractivity contribution in [1.82, 2.24) is 15.2 Å². The van der Waals surface area contributed by atoms with Gasteiger partial charge in [0.05, 0.1) is 0 Å². The zero-order chi connectivity index (χ0) is 16.0. The van der Waals surface area contributed by atoms with Gasteiger partial charge in [-0.3, -0.25) is 14.4 Å². The van der Waals surface area contributed by atoms with E-state index in [1.807, 2.05) is 24.3 Å². The molecule has 0 radical (unpaired) electrons. The summed E-state index contributed by atoms with van der Waals surface area (Å²) in [5.41, 5.74) is 0.363. The van der Waals surface area contributed by atoms with Gasteiger partial charge >= 0.3 is 0 Å². The quantitative estimate of drug-likeness (QED) is 0.820. The van der Waals surface area contributed by atoms with Crippen molar-refractivity contribution >= 4 is 22.7 Å². The first-order chi connectivity index (χ1) is 11.1. The van der Waals surface area contributed by atoms with E-state index in [4.69, 9.17) is 0 Å². The molecule has 2 N–H and O–H groups in total. The highest BCUT2D eigenvalue weighted by atomic mass is 16.2. The molecule has 2 aromatic rings. The number of hydrogen-bond acceptors (Lipinski definition) is 3. The molecule has 1 aromatic heterocycles. The second-order valence-electron chi connectivity index (χ2n) is 6.53. The number of H-pyrrole nitrogens is 1. The summed E-state index contributed by atoms with van der Waals surface area (Å²) in [5.74, 6) is -0.212. The van der Waals surface area contributed by atoms with Crippen LogP contribution in [0.1, 0.15) is 23.2 Å². The number of hydrogen-bond donors (Lipinski definition) is 2. The van der Waals surface area contributed by atoms with Gasteiger partial charge in [-0.15, -0.1) is 0 Å². The number of aromatic amines is 1. The summed E-state index contributed by atoms with van der Waals surface area (Å²) in [5, 5.41) is 3.68. The Labute approximate surface area is 132 Å². The Bertz CT molecular complexity index is 873. The standard InChI is InChI=1S/C17H17N3O3/c21-14-8-17(9-18-14)5-6-20(10-17)16(23)12-7-11-3-1-2-4-13(11)19-15(12)22/h1-4,7H,5-6,8-10H2,(H,18,21)(H,19,22). The van der Waals surface area contributed by atoms with E-state index in [0.29, 0.717) is 26.1 Å². The Morgan fingerprint density at radius 2 is 2.04 bits per heavy atom. The van der Waals surface area contributed by atoms with Crippen LogP contribution in [-0.2, 0) is 4.79 Å². The van der Waals surface area contributed by atoms with E-state index >= 15 is 0 Å². The van der Waals surface area contributed by atoms with Crippen molar-refractivity contribution in [1.29, 1.82) is 0 Å². The number of nitrogens with one attached hydrogen (secondary N) is 2. The van der Waals surface area contributed by atoms with Crippen LogP contribution in [0.15, 0.2) is 35.1 Å². The van der Waals surface area contributed by atoms with Gasteiger partial charge in [0, 0.05) is 37.0 Å². The van der Waals surface area contributed by atoms with Gasteiger partial charge in [0.15, 0.2) is 0 Å². The number of aromatic nitrogens is 1. The molecule has 0 saturated carbocycles. The highest BCUT2D eigenvalue weighted by Crippen LogP contribution is 2.36. The summed E-state index contributed by atoms with van der Waals surface area (Å²) in [6, 6.07) is 9.04. The van der Waals surface area contributed by atoms with Gasteiger partial charge < -0.3 is 15.2 Å². The molecule has 3 heterocycles. The maximum atomic E-state index is 12.7. The van der Waals surface area contributed by atoms with Gasteiger partial charge in [0.1, 0.15) is 5.56 Å². The number of carbonyl (C=O) groups excluding carboxylic acids is 2. The lowest BCUT2D eigenvalue weighted by molar-refractivity contribution is -0.119. The first-order valence-corrected chi connectivity index (χ1v) is 7.74. The van der Waals surface area contributed by atoms with Gasteiger partial charge in [0.25, 0.3) is 11.5 Å². The van der Waals surface area contributed by atoms with Crippen molar-refractivity contribution in [2.45, 2.75) is 12.8 Å². The molecule has 2 fully saturated rings. The van der Waals surface area contributed by atoms with Crippen LogP contribution < -0.4 is 10.9 Å². The second kappa shape index (κ2) is 4.94. The maximum absolute atomic E-state index is 12.7. The van der Waals surface area contributed by atoms with Crippen LogP contribution in [0.3, 0.4) is 0 Å².